The second kappa shape index (κ2) is 12.2. The van der Waals surface area contributed by atoms with E-state index >= 15 is 0 Å². The Kier molecular flexibility index (Phi) is 8.33. The second-order valence-electron chi connectivity index (χ2n) is 9.52. The molecule has 3 heterocycles. The highest BCUT2D eigenvalue weighted by Crippen LogP contribution is 2.33. The van der Waals surface area contributed by atoms with Gasteiger partial charge < -0.3 is 34.9 Å². The number of hydrogen-bond donors (Lipinski definition) is 3. The lowest BCUT2D eigenvalue weighted by Crippen LogP contribution is -2.33. The summed E-state index contributed by atoms with van der Waals surface area (Å²) in [6, 6.07) is 13.1. The van der Waals surface area contributed by atoms with Gasteiger partial charge in [-0.25, -0.2) is 9.97 Å². The first-order valence-corrected chi connectivity index (χ1v) is 13.2. The van der Waals surface area contributed by atoms with Crippen LogP contribution in [-0.2, 0) is 11.3 Å². The molecule has 1 amide bonds. The number of carbonyl (C=O) groups excluding carboxylic acids is 1. The second-order valence-corrected chi connectivity index (χ2v) is 9.96. The summed E-state index contributed by atoms with van der Waals surface area (Å²) in [6.07, 6.45) is 4.35. The molecule has 0 spiro atoms. The number of halogens is 1. The molecule has 10 nitrogen and oxygen atoms in total. The van der Waals surface area contributed by atoms with Crippen molar-refractivity contribution in [1.82, 2.24) is 24.8 Å². The molecule has 0 saturated carbocycles. The van der Waals surface area contributed by atoms with Gasteiger partial charge in [0.25, 0.3) is 5.91 Å². The van der Waals surface area contributed by atoms with E-state index < -0.39 is 0 Å². The van der Waals surface area contributed by atoms with Gasteiger partial charge in [-0.15, -0.1) is 0 Å². The van der Waals surface area contributed by atoms with E-state index in [9.17, 15) is 4.79 Å². The minimum absolute atomic E-state index is 0.0884. The van der Waals surface area contributed by atoms with Crippen LogP contribution in [0.2, 0.25) is 5.02 Å². The summed E-state index contributed by atoms with van der Waals surface area (Å²) in [7, 11) is 3.87. The van der Waals surface area contributed by atoms with Crippen molar-refractivity contribution in [2.24, 2.45) is 0 Å². The average molecular weight is 550 g/mol. The number of nitrogens with zero attached hydrogens (tertiary/aromatic N) is 4. The lowest BCUT2D eigenvalue weighted by atomic mass is 10.2. The summed E-state index contributed by atoms with van der Waals surface area (Å²) < 4.78 is 12.0. The first-order valence-electron chi connectivity index (χ1n) is 12.9. The number of likely N-dealkylation sites (N-methyl/N-ethyl adjacent to an activating group) is 1. The molecule has 1 aliphatic heterocycles. The number of rotatable bonds is 5. The van der Waals surface area contributed by atoms with E-state index in [1.165, 1.54) is 6.33 Å². The predicted molar refractivity (Wildman–Crippen MR) is 153 cm³/mol. The average Bonchev–Trinajstić information content (AvgIpc) is 3.34. The number of ether oxygens (including phenoxy) is 2. The fraction of sp³-hybridized carbons (Fsp3) is 0.321. The van der Waals surface area contributed by atoms with E-state index in [-0.39, 0.29) is 12.5 Å². The number of nitrogens with one attached hydrogen (secondary N) is 3. The first-order chi connectivity index (χ1) is 19.0. The minimum atomic E-state index is -0.0936. The Hall–Kier alpha value is -4.02. The van der Waals surface area contributed by atoms with E-state index in [0.29, 0.717) is 42.0 Å². The molecule has 1 aliphatic rings. The monoisotopic (exact) mass is 549 g/mol. The molecule has 0 radical (unpaired) electrons. The number of aromatic amines is 1. The molecule has 11 heteroatoms. The van der Waals surface area contributed by atoms with Gasteiger partial charge in [0.2, 0.25) is 0 Å². The van der Waals surface area contributed by atoms with Crippen molar-refractivity contribution in [3.63, 3.8) is 0 Å². The molecule has 3 N–H and O–H groups in total. The molecular formula is C28H32ClN7O3. The van der Waals surface area contributed by atoms with E-state index in [0.717, 1.165) is 47.5 Å². The fourth-order valence-electron chi connectivity index (χ4n) is 4.45. The van der Waals surface area contributed by atoms with Crippen LogP contribution < -0.4 is 20.1 Å². The van der Waals surface area contributed by atoms with Crippen LogP contribution in [0.4, 0.5) is 17.2 Å². The Labute approximate surface area is 232 Å². The molecular weight excluding hydrogens is 518 g/mol. The molecule has 0 saturated heterocycles. The van der Waals surface area contributed by atoms with Gasteiger partial charge in [0.15, 0.2) is 18.1 Å². The van der Waals surface area contributed by atoms with Crippen molar-refractivity contribution in [1.29, 1.82) is 0 Å². The fourth-order valence-corrected chi connectivity index (χ4v) is 4.57. The van der Waals surface area contributed by atoms with Crippen molar-refractivity contribution in [2.75, 3.05) is 57.6 Å². The Balaban J connectivity index is 1.38. The quantitative estimate of drug-likeness (QED) is 0.312. The smallest absolute Gasteiger partial charge is 0.260 e. The molecule has 2 bridgehead atoms. The van der Waals surface area contributed by atoms with Crippen LogP contribution in [0.5, 0.6) is 11.5 Å². The molecule has 204 valence electrons. The molecule has 4 aromatic rings. The van der Waals surface area contributed by atoms with Crippen LogP contribution in [0, 0.1) is 0 Å². The SMILES string of the molecule is CN1CCCN(C)C(=O)COc2cc(ccc2OCCNc2ccc(Cl)cc2)Nc2ncnc3[nH]cc(c23)C1. The van der Waals surface area contributed by atoms with Gasteiger partial charge in [0, 0.05) is 55.3 Å². The van der Waals surface area contributed by atoms with Gasteiger partial charge >= 0.3 is 0 Å². The summed E-state index contributed by atoms with van der Waals surface area (Å²) in [5.41, 5.74) is 3.57. The summed E-state index contributed by atoms with van der Waals surface area (Å²) in [4.78, 5) is 28.9. The van der Waals surface area contributed by atoms with Gasteiger partial charge in [-0.2, -0.15) is 0 Å². The van der Waals surface area contributed by atoms with Gasteiger partial charge in [-0.1, -0.05) is 11.6 Å². The van der Waals surface area contributed by atoms with E-state index in [1.54, 1.807) is 11.9 Å². The standard InChI is InChI=1S/C28H32ClN7O3/c1-35-11-3-12-36(2)25(37)17-39-24-14-22(34-28-26-19(16-35)15-31-27(26)32-18-33-28)8-9-23(24)38-13-10-30-21-6-4-20(29)5-7-21/h4-9,14-15,18,30H,3,10-13,16-17H2,1-2H3,(H2,31,32,33,34). The van der Waals surface area contributed by atoms with Crippen LogP contribution in [0.15, 0.2) is 55.0 Å². The Morgan fingerprint density at radius 3 is 2.82 bits per heavy atom. The van der Waals surface area contributed by atoms with Crippen molar-refractivity contribution in [3.8, 4) is 11.5 Å². The summed E-state index contributed by atoms with van der Waals surface area (Å²) in [5, 5.41) is 8.34. The van der Waals surface area contributed by atoms with Crippen LogP contribution in [0.3, 0.4) is 0 Å². The number of hydrogen-bond acceptors (Lipinski definition) is 8. The van der Waals surface area contributed by atoms with Gasteiger partial charge in [0.05, 0.1) is 5.39 Å². The molecule has 39 heavy (non-hydrogen) atoms. The topological polar surface area (TPSA) is 108 Å². The zero-order valence-electron chi connectivity index (χ0n) is 22.0. The van der Waals surface area contributed by atoms with Crippen molar-refractivity contribution in [2.45, 2.75) is 13.0 Å². The Bertz CT molecular complexity index is 1430. The van der Waals surface area contributed by atoms with E-state index in [2.05, 4.69) is 37.5 Å². The first kappa shape index (κ1) is 26.6. The summed E-state index contributed by atoms with van der Waals surface area (Å²) in [5.74, 6) is 1.62. The maximum absolute atomic E-state index is 12.8. The van der Waals surface area contributed by atoms with Crippen LogP contribution in [0.1, 0.15) is 12.0 Å². The normalized spacial score (nSPS) is 15.1. The molecule has 0 unspecified atom stereocenters. The zero-order chi connectivity index (χ0) is 27.2. The molecule has 0 aliphatic carbocycles. The van der Waals surface area contributed by atoms with Crippen LogP contribution in [0.25, 0.3) is 11.0 Å². The number of carbonyl (C=O) groups is 1. The predicted octanol–water partition coefficient (Wildman–Crippen LogP) is 4.52. The van der Waals surface area contributed by atoms with Crippen LogP contribution in [-0.4, -0.2) is 77.6 Å². The Morgan fingerprint density at radius 1 is 1.13 bits per heavy atom. The van der Waals surface area contributed by atoms with Gasteiger partial charge in [-0.3, -0.25) is 4.79 Å². The van der Waals surface area contributed by atoms with E-state index in [4.69, 9.17) is 21.1 Å². The largest absolute Gasteiger partial charge is 0.488 e. The van der Waals surface area contributed by atoms with Gasteiger partial charge in [-0.05, 0) is 62.0 Å². The number of benzene rings is 2. The summed E-state index contributed by atoms with van der Waals surface area (Å²) >= 11 is 5.96. The number of amides is 1. The Morgan fingerprint density at radius 2 is 1.97 bits per heavy atom. The number of fused-ring (bicyclic) bond motifs is 2. The minimum Gasteiger partial charge on any atom is -0.488 e. The van der Waals surface area contributed by atoms with E-state index in [1.807, 2.05) is 48.7 Å². The third kappa shape index (κ3) is 6.71. The maximum atomic E-state index is 12.8. The zero-order valence-corrected chi connectivity index (χ0v) is 22.8. The lowest BCUT2D eigenvalue weighted by molar-refractivity contribution is -0.132. The van der Waals surface area contributed by atoms with Crippen molar-refractivity contribution < 1.29 is 14.3 Å². The van der Waals surface area contributed by atoms with Gasteiger partial charge in [0.1, 0.15) is 24.4 Å². The molecule has 2 aromatic carbocycles. The lowest BCUT2D eigenvalue weighted by Gasteiger charge is -2.22. The highest BCUT2D eigenvalue weighted by molar-refractivity contribution is 6.30. The number of aromatic nitrogens is 3. The molecule has 2 aromatic heterocycles. The number of H-pyrrole nitrogens is 1. The van der Waals surface area contributed by atoms with Crippen LogP contribution >= 0.6 is 11.6 Å². The molecule has 0 fully saturated rings. The maximum Gasteiger partial charge on any atom is 0.260 e. The highest BCUT2D eigenvalue weighted by atomic mass is 35.5. The van der Waals surface area contributed by atoms with Crippen molar-refractivity contribution >= 4 is 45.7 Å². The third-order valence-corrected chi connectivity index (χ3v) is 6.79. The third-order valence-electron chi connectivity index (χ3n) is 6.54. The summed E-state index contributed by atoms with van der Waals surface area (Å²) in [6.45, 7) is 3.08. The molecule has 5 rings (SSSR count). The number of anilines is 3. The molecule has 0 atom stereocenters. The highest BCUT2D eigenvalue weighted by Gasteiger charge is 2.17. The van der Waals surface area contributed by atoms with Crippen molar-refractivity contribution in [3.05, 3.63) is 65.6 Å².